The van der Waals surface area contributed by atoms with Crippen LogP contribution in [0.5, 0.6) is 11.5 Å². The van der Waals surface area contributed by atoms with Crippen LogP contribution in [0.4, 0.5) is 5.69 Å². The van der Waals surface area contributed by atoms with Crippen molar-refractivity contribution in [1.29, 1.82) is 0 Å². The molecule has 0 saturated carbocycles. The Morgan fingerprint density at radius 2 is 1.96 bits per heavy atom. The van der Waals surface area contributed by atoms with E-state index >= 15 is 0 Å². The van der Waals surface area contributed by atoms with Gasteiger partial charge in [0.1, 0.15) is 36.8 Å². The van der Waals surface area contributed by atoms with Crippen molar-refractivity contribution < 1.29 is 23.9 Å². The number of carbonyl (C=O) groups is 1. The molecule has 3 atom stereocenters. The molecule has 0 radical (unpaired) electrons. The highest BCUT2D eigenvalue weighted by Gasteiger charge is 2.25. The van der Waals surface area contributed by atoms with Gasteiger partial charge in [-0.25, -0.2) is 0 Å². The molecule has 1 unspecified atom stereocenters. The monoisotopic (exact) mass is 323 g/mol. The molecule has 0 aromatic heterocycles. The molecular formula is C17H27N2O4+. The molecular weight excluding hydrogens is 296 g/mol. The van der Waals surface area contributed by atoms with Crippen LogP contribution in [0.15, 0.2) is 18.2 Å². The van der Waals surface area contributed by atoms with Crippen LogP contribution >= 0.6 is 0 Å². The Morgan fingerprint density at radius 1 is 1.26 bits per heavy atom. The second-order valence-electron chi connectivity index (χ2n) is 6.03. The predicted molar refractivity (Wildman–Crippen MR) is 88.4 cm³/mol. The van der Waals surface area contributed by atoms with Gasteiger partial charge < -0.3 is 24.4 Å². The summed E-state index contributed by atoms with van der Waals surface area (Å²) in [7, 11) is 3.17. The summed E-state index contributed by atoms with van der Waals surface area (Å²) in [5.74, 6) is 1.28. The number of morpholine rings is 1. The van der Waals surface area contributed by atoms with Gasteiger partial charge in [-0.05, 0) is 26.0 Å². The summed E-state index contributed by atoms with van der Waals surface area (Å²) < 4.78 is 16.2. The normalized spacial score (nSPS) is 24.1. The first-order valence-electron chi connectivity index (χ1n) is 8.02. The van der Waals surface area contributed by atoms with E-state index in [2.05, 4.69) is 19.2 Å². The molecule has 6 heteroatoms. The summed E-state index contributed by atoms with van der Waals surface area (Å²) in [5, 5.41) is 2.91. The molecule has 2 rings (SSSR count). The molecule has 1 amide bonds. The number of hydrogen-bond acceptors (Lipinski definition) is 4. The van der Waals surface area contributed by atoms with Crippen LogP contribution in [-0.4, -0.2) is 52.0 Å². The minimum absolute atomic E-state index is 0.00670. The standard InChI is InChI=1S/C17H26N2O4/c1-12-10-19(11-13(2)23-12)8-7-17(20)18-15-6-5-14(21-3)9-16(15)22-4/h5-6,9,12-13H,7-8,10-11H2,1-4H3,(H,18,20)/p+1/t12-,13+. The zero-order valence-corrected chi connectivity index (χ0v) is 14.3. The number of benzene rings is 1. The Labute approximate surface area is 137 Å². The van der Waals surface area contributed by atoms with Crippen molar-refractivity contribution in [3.8, 4) is 11.5 Å². The molecule has 0 bridgehead atoms. The molecule has 1 heterocycles. The SMILES string of the molecule is COc1ccc(NC(=O)CC[NH+]2C[C@@H](C)O[C@@H](C)C2)c(OC)c1. The molecule has 1 aliphatic rings. The van der Waals surface area contributed by atoms with Crippen LogP contribution in [-0.2, 0) is 9.53 Å². The molecule has 0 spiro atoms. The highest BCUT2D eigenvalue weighted by atomic mass is 16.5. The van der Waals surface area contributed by atoms with Gasteiger partial charge in [-0.3, -0.25) is 4.79 Å². The summed E-state index contributed by atoms with van der Waals surface area (Å²) >= 11 is 0. The van der Waals surface area contributed by atoms with Gasteiger partial charge in [0.25, 0.3) is 0 Å². The second-order valence-corrected chi connectivity index (χ2v) is 6.03. The van der Waals surface area contributed by atoms with E-state index in [1.165, 1.54) is 4.90 Å². The average Bonchev–Trinajstić information content (AvgIpc) is 2.52. The third kappa shape index (κ3) is 5.11. The van der Waals surface area contributed by atoms with Crippen molar-refractivity contribution in [3.05, 3.63) is 18.2 Å². The lowest BCUT2D eigenvalue weighted by Crippen LogP contribution is -3.15. The van der Waals surface area contributed by atoms with E-state index in [1.54, 1.807) is 32.4 Å². The number of amides is 1. The van der Waals surface area contributed by atoms with Crippen LogP contribution in [0.2, 0.25) is 0 Å². The third-order valence-electron chi connectivity index (χ3n) is 4.01. The minimum Gasteiger partial charge on any atom is -0.497 e. The van der Waals surface area contributed by atoms with Crippen molar-refractivity contribution >= 4 is 11.6 Å². The number of carbonyl (C=O) groups excluding carboxylic acids is 1. The first kappa shape index (κ1) is 17.6. The van der Waals surface area contributed by atoms with E-state index in [0.717, 1.165) is 19.6 Å². The number of nitrogens with one attached hydrogen (secondary N) is 2. The fourth-order valence-corrected chi connectivity index (χ4v) is 3.00. The summed E-state index contributed by atoms with van der Waals surface area (Å²) in [4.78, 5) is 13.6. The van der Waals surface area contributed by atoms with Crippen LogP contribution in [0.1, 0.15) is 20.3 Å². The largest absolute Gasteiger partial charge is 0.497 e. The molecule has 1 saturated heterocycles. The van der Waals surface area contributed by atoms with E-state index in [0.29, 0.717) is 23.6 Å². The van der Waals surface area contributed by atoms with Crippen molar-refractivity contribution in [2.24, 2.45) is 0 Å². The number of ether oxygens (including phenoxy) is 3. The molecule has 0 aliphatic carbocycles. The zero-order chi connectivity index (χ0) is 16.8. The van der Waals surface area contributed by atoms with Crippen molar-refractivity contribution in [2.45, 2.75) is 32.5 Å². The predicted octanol–water partition coefficient (Wildman–Crippen LogP) is 0.725. The molecule has 1 fully saturated rings. The van der Waals surface area contributed by atoms with Gasteiger partial charge in [0.2, 0.25) is 5.91 Å². The van der Waals surface area contributed by atoms with Crippen molar-refractivity contribution in [1.82, 2.24) is 0 Å². The minimum atomic E-state index is -0.00670. The molecule has 1 aromatic carbocycles. The molecule has 1 aromatic rings. The fraction of sp³-hybridized carbons (Fsp3) is 0.588. The van der Waals surface area contributed by atoms with Gasteiger partial charge in [0, 0.05) is 6.07 Å². The Hall–Kier alpha value is -1.79. The molecule has 2 N–H and O–H groups in total. The van der Waals surface area contributed by atoms with Gasteiger partial charge in [0.05, 0.1) is 32.9 Å². The van der Waals surface area contributed by atoms with E-state index in [9.17, 15) is 4.79 Å². The smallest absolute Gasteiger partial charge is 0.230 e. The number of methoxy groups -OCH3 is 2. The Balaban J connectivity index is 1.87. The summed E-state index contributed by atoms with van der Waals surface area (Å²) in [6.45, 7) is 6.87. The molecule has 23 heavy (non-hydrogen) atoms. The number of hydrogen-bond donors (Lipinski definition) is 2. The fourth-order valence-electron chi connectivity index (χ4n) is 3.00. The Bertz CT molecular complexity index is 525. The quantitative estimate of drug-likeness (QED) is 0.810. The lowest BCUT2D eigenvalue weighted by Gasteiger charge is -2.32. The van der Waals surface area contributed by atoms with Gasteiger partial charge in [0.15, 0.2) is 0 Å². The van der Waals surface area contributed by atoms with Crippen molar-refractivity contribution in [3.63, 3.8) is 0 Å². The average molecular weight is 323 g/mol. The highest BCUT2D eigenvalue weighted by Crippen LogP contribution is 2.28. The Morgan fingerprint density at radius 3 is 2.57 bits per heavy atom. The lowest BCUT2D eigenvalue weighted by atomic mass is 10.2. The lowest BCUT2D eigenvalue weighted by molar-refractivity contribution is -0.914. The Kier molecular flexibility index (Phi) is 6.24. The van der Waals surface area contributed by atoms with Gasteiger partial charge >= 0.3 is 0 Å². The van der Waals surface area contributed by atoms with Gasteiger partial charge in [-0.15, -0.1) is 0 Å². The van der Waals surface area contributed by atoms with Crippen LogP contribution in [0, 0.1) is 0 Å². The summed E-state index contributed by atoms with van der Waals surface area (Å²) in [6.07, 6.45) is 0.973. The molecule has 6 nitrogen and oxygen atoms in total. The second kappa shape index (κ2) is 8.17. The zero-order valence-electron chi connectivity index (χ0n) is 14.3. The van der Waals surface area contributed by atoms with Crippen LogP contribution in [0.3, 0.4) is 0 Å². The van der Waals surface area contributed by atoms with E-state index < -0.39 is 0 Å². The maximum Gasteiger partial charge on any atom is 0.230 e. The van der Waals surface area contributed by atoms with E-state index in [-0.39, 0.29) is 18.1 Å². The highest BCUT2D eigenvalue weighted by molar-refractivity contribution is 5.92. The molecule has 128 valence electrons. The topological polar surface area (TPSA) is 61.2 Å². The van der Waals surface area contributed by atoms with Gasteiger partial charge in [-0.1, -0.05) is 0 Å². The first-order valence-corrected chi connectivity index (χ1v) is 8.02. The molecule has 1 aliphatic heterocycles. The van der Waals surface area contributed by atoms with E-state index in [4.69, 9.17) is 14.2 Å². The van der Waals surface area contributed by atoms with Gasteiger partial charge in [-0.2, -0.15) is 0 Å². The summed E-state index contributed by atoms with van der Waals surface area (Å²) in [5.41, 5.74) is 0.664. The van der Waals surface area contributed by atoms with Crippen LogP contribution in [0.25, 0.3) is 0 Å². The van der Waals surface area contributed by atoms with E-state index in [1.807, 2.05) is 0 Å². The third-order valence-corrected chi connectivity index (χ3v) is 4.01. The number of rotatable bonds is 6. The number of anilines is 1. The number of quaternary nitrogens is 1. The van der Waals surface area contributed by atoms with Crippen molar-refractivity contribution in [2.75, 3.05) is 39.2 Å². The first-order chi connectivity index (χ1) is 11.0. The summed E-state index contributed by atoms with van der Waals surface area (Å²) in [6, 6.07) is 5.35. The maximum absolute atomic E-state index is 12.2. The van der Waals surface area contributed by atoms with Crippen LogP contribution < -0.4 is 19.7 Å². The maximum atomic E-state index is 12.2.